The maximum Gasteiger partial charge on any atom is 0.262 e. The standard InChI is InChI=1S/C14H12FN3O2S/c1-2-11-13(20)18(9-5-3-8(15)4-6-9)14(21-11)10(7-16)12(17)19/h3-6,11H,2H2,1H3,(H2,17,19)/b14-10-/t11-/m1/s1. The summed E-state index contributed by atoms with van der Waals surface area (Å²) in [6, 6.07) is 6.99. The zero-order valence-electron chi connectivity index (χ0n) is 11.2. The first kappa shape index (κ1) is 15.1. The topological polar surface area (TPSA) is 87.2 Å². The highest BCUT2D eigenvalue weighted by Gasteiger charge is 2.39. The molecule has 0 aliphatic carbocycles. The average Bonchev–Trinajstić information content (AvgIpc) is 2.77. The molecule has 1 heterocycles. The van der Waals surface area contributed by atoms with Gasteiger partial charge in [0.15, 0.2) is 0 Å². The third kappa shape index (κ3) is 2.76. The Labute approximate surface area is 125 Å². The minimum Gasteiger partial charge on any atom is -0.365 e. The van der Waals surface area contributed by atoms with Crippen LogP contribution in [0.15, 0.2) is 34.9 Å². The molecule has 2 N–H and O–H groups in total. The molecule has 0 spiro atoms. The van der Waals surface area contributed by atoms with Crippen molar-refractivity contribution >= 4 is 29.3 Å². The van der Waals surface area contributed by atoms with Crippen molar-refractivity contribution in [2.45, 2.75) is 18.6 Å². The molecule has 108 valence electrons. The van der Waals surface area contributed by atoms with E-state index in [2.05, 4.69) is 0 Å². The monoisotopic (exact) mass is 305 g/mol. The van der Waals surface area contributed by atoms with Crippen molar-refractivity contribution in [1.29, 1.82) is 5.26 Å². The fourth-order valence-corrected chi connectivity index (χ4v) is 3.16. The van der Waals surface area contributed by atoms with E-state index in [9.17, 15) is 14.0 Å². The van der Waals surface area contributed by atoms with E-state index in [0.717, 1.165) is 11.8 Å². The van der Waals surface area contributed by atoms with Crippen LogP contribution >= 0.6 is 11.8 Å². The van der Waals surface area contributed by atoms with Gasteiger partial charge in [-0.25, -0.2) is 4.39 Å². The Balaban J connectivity index is 2.58. The van der Waals surface area contributed by atoms with Crippen LogP contribution < -0.4 is 10.6 Å². The second-order valence-corrected chi connectivity index (χ2v) is 5.51. The maximum absolute atomic E-state index is 13.0. The van der Waals surface area contributed by atoms with Gasteiger partial charge < -0.3 is 5.73 Å². The quantitative estimate of drug-likeness (QED) is 0.682. The molecule has 0 radical (unpaired) electrons. The van der Waals surface area contributed by atoms with Gasteiger partial charge in [-0.05, 0) is 30.7 Å². The van der Waals surface area contributed by atoms with Gasteiger partial charge in [-0.15, -0.1) is 0 Å². The number of nitriles is 1. The summed E-state index contributed by atoms with van der Waals surface area (Å²) >= 11 is 1.13. The van der Waals surface area contributed by atoms with E-state index in [0.29, 0.717) is 12.1 Å². The highest BCUT2D eigenvalue weighted by Crippen LogP contribution is 2.41. The van der Waals surface area contributed by atoms with Gasteiger partial charge in [0.05, 0.1) is 5.25 Å². The van der Waals surface area contributed by atoms with Crippen molar-refractivity contribution in [3.63, 3.8) is 0 Å². The number of nitrogens with two attached hydrogens (primary N) is 1. The summed E-state index contributed by atoms with van der Waals surface area (Å²) in [7, 11) is 0. The summed E-state index contributed by atoms with van der Waals surface area (Å²) in [6.07, 6.45) is 0.544. The second-order valence-electron chi connectivity index (χ2n) is 4.32. The number of primary amides is 1. The van der Waals surface area contributed by atoms with Crippen LogP contribution in [0, 0.1) is 17.1 Å². The number of benzene rings is 1. The van der Waals surface area contributed by atoms with E-state index in [4.69, 9.17) is 11.0 Å². The summed E-state index contributed by atoms with van der Waals surface area (Å²) in [4.78, 5) is 25.0. The highest BCUT2D eigenvalue weighted by atomic mass is 32.2. The normalized spacial score (nSPS) is 20.3. The first-order valence-electron chi connectivity index (χ1n) is 6.20. The smallest absolute Gasteiger partial charge is 0.262 e. The first-order valence-corrected chi connectivity index (χ1v) is 7.08. The number of hydrogen-bond acceptors (Lipinski definition) is 4. The Hall–Kier alpha value is -2.33. The van der Waals surface area contributed by atoms with Crippen molar-refractivity contribution in [3.05, 3.63) is 40.7 Å². The molecule has 0 saturated carbocycles. The lowest BCUT2D eigenvalue weighted by Gasteiger charge is -2.18. The molecule has 1 aromatic carbocycles. The van der Waals surface area contributed by atoms with E-state index in [1.807, 2.05) is 6.92 Å². The zero-order valence-corrected chi connectivity index (χ0v) is 12.0. The lowest BCUT2D eigenvalue weighted by atomic mass is 10.2. The number of thioether (sulfide) groups is 1. The molecule has 0 aromatic heterocycles. The third-order valence-electron chi connectivity index (χ3n) is 2.98. The summed E-state index contributed by atoms with van der Waals surface area (Å²) in [6.45, 7) is 1.83. The van der Waals surface area contributed by atoms with Crippen LogP contribution in [0.3, 0.4) is 0 Å². The highest BCUT2D eigenvalue weighted by molar-refractivity contribution is 8.05. The fourth-order valence-electron chi connectivity index (χ4n) is 1.95. The largest absolute Gasteiger partial charge is 0.365 e. The molecular formula is C14H12FN3O2S. The fraction of sp³-hybridized carbons (Fsp3) is 0.214. The second kappa shape index (κ2) is 5.97. The summed E-state index contributed by atoms with van der Waals surface area (Å²) in [5.74, 6) is -1.58. The Kier molecular flexibility index (Phi) is 4.29. The van der Waals surface area contributed by atoms with E-state index < -0.39 is 17.0 Å². The predicted octanol–water partition coefficient (Wildman–Crippen LogP) is 1.90. The third-order valence-corrected chi connectivity index (χ3v) is 4.41. The van der Waals surface area contributed by atoms with Crippen molar-refractivity contribution in [3.8, 4) is 6.07 Å². The van der Waals surface area contributed by atoms with Gasteiger partial charge >= 0.3 is 0 Å². The molecule has 1 atom stereocenters. The van der Waals surface area contributed by atoms with Crippen LogP contribution in [-0.2, 0) is 9.59 Å². The van der Waals surface area contributed by atoms with Crippen molar-refractivity contribution in [2.24, 2.45) is 5.73 Å². The molecule has 0 unspecified atom stereocenters. The predicted molar refractivity (Wildman–Crippen MR) is 77.4 cm³/mol. The maximum atomic E-state index is 13.0. The van der Waals surface area contributed by atoms with Crippen molar-refractivity contribution in [1.82, 2.24) is 0 Å². The molecule has 21 heavy (non-hydrogen) atoms. The Morgan fingerprint density at radius 2 is 2.10 bits per heavy atom. The van der Waals surface area contributed by atoms with Crippen LogP contribution in [0.2, 0.25) is 0 Å². The van der Waals surface area contributed by atoms with Gasteiger partial charge in [-0.1, -0.05) is 18.7 Å². The van der Waals surface area contributed by atoms with Gasteiger partial charge in [-0.2, -0.15) is 5.26 Å². The SMILES string of the molecule is CC[C@H]1S/C(=C(/C#N)C(N)=O)N(c2ccc(F)cc2)C1=O. The molecular weight excluding hydrogens is 293 g/mol. The number of halogens is 1. The molecule has 0 bridgehead atoms. The Bertz CT molecular complexity index is 664. The van der Waals surface area contributed by atoms with E-state index >= 15 is 0 Å². The Morgan fingerprint density at radius 3 is 2.57 bits per heavy atom. The van der Waals surface area contributed by atoms with Gasteiger partial charge in [0.1, 0.15) is 22.5 Å². The lowest BCUT2D eigenvalue weighted by molar-refractivity contribution is -0.117. The number of anilines is 1. The molecule has 1 fully saturated rings. The summed E-state index contributed by atoms with van der Waals surface area (Å²) in [5.41, 5.74) is 5.32. The summed E-state index contributed by atoms with van der Waals surface area (Å²) in [5, 5.41) is 8.90. The first-order chi connectivity index (χ1) is 9.99. The number of hydrogen-bond donors (Lipinski definition) is 1. The average molecular weight is 305 g/mol. The number of carbonyl (C=O) groups excluding carboxylic acids is 2. The van der Waals surface area contributed by atoms with Crippen LogP contribution in [0.25, 0.3) is 0 Å². The van der Waals surface area contributed by atoms with E-state index in [1.54, 1.807) is 6.07 Å². The lowest BCUT2D eigenvalue weighted by Crippen LogP contribution is -2.29. The number of rotatable bonds is 3. The van der Waals surface area contributed by atoms with Crippen LogP contribution in [-0.4, -0.2) is 17.1 Å². The van der Waals surface area contributed by atoms with Crippen LogP contribution in [0.5, 0.6) is 0 Å². The van der Waals surface area contributed by atoms with Gasteiger partial charge in [-0.3, -0.25) is 14.5 Å². The minimum absolute atomic E-state index is 0.202. The molecule has 5 nitrogen and oxygen atoms in total. The van der Waals surface area contributed by atoms with Gasteiger partial charge in [0.2, 0.25) is 5.91 Å². The molecule has 1 saturated heterocycles. The van der Waals surface area contributed by atoms with E-state index in [1.165, 1.54) is 29.2 Å². The van der Waals surface area contributed by atoms with Crippen LogP contribution in [0.1, 0.15) is 13.3 Å². The summed E-state index contributed by atoms with van der Waals surface area (Å²) < 4.78 is 13.0. The molecule has 7 heteroatoms. The van der Waals surface area contributed by atoms with Crippen LogP contribution in [0.4, 0.5) is 10.1 Å². The van der Waals surface area contributed by atoms with Gasteiger partial charge in [0, 0.05) is 5.69 Å². The molecule has 1 aromatic rings. The number of carbonyl (C=O) groups is 2. The molecule has 2 rings (SSSR count). The van der Waals surface area contributed by atoms with Crippen molar-refractivity contribution < 1.29 is 14.0 Å². The molecule has 1 aliphatic heterocycles. The van der Waals surface area contributed by atoms with E-state index in [-0.39, 0.29) is 16.5 Å². The number of amides is 2. The minimum atomic E-state index is -0.892. The zero-order chi connectivity index (χ0) is 15.6. The number of nitrogens with zero attached hydrogens (tertiary/aromatic N) is 2. The van der Waals surface area contributed by atoms with Crippen molar-refractivity contribution in [2.75, 3.05) is 4.90 Å². The molecule has 1 aliphatic rings. The molecule has 2 amide bonds. The van der Waals surface area contributed by atoms with Gasteiger partial charge in [0.25, 0.3) is 5.91 Å². The Morgan fingerprint density at radius 1 is 1.48 bits per heavy atom.